The third-order valence-corrected chi connectivity index (χ3v) is 4.24. The van der Waals surface area contributed by atoms with Crippen molar-refractivity contribution in [3.8, 4) is 5.75 Å². The van der Waals surface area contributed by atoms with Gasteiger partial charge in [-0.15, -0.1) is 0 Å². The summed E-state index contributed by atoms with van der Waals surface area (Å²) in [5.41, 5.74) is 0.990. The number of hydrogen-bond donors (Lipinski definition) is 2. The maximum absolute atomic E-state index is 5.42. The number of thiocarbonyl (C=S) groups is 1. The topological polar surface area (TPSA) is 33.3 Å². The van der Waals surface area contributed by atoms with E-state index < -0.39 is 0 Å². The second-order valence-electron chi connectivity index (χ2n) is 5.44. The van der Waals surface area contributed by atoms with E-state index >= 15 is 0 Å². The van der Waals surface area contributed by atoms with Crippen molar-refractivity contribution in [2.75, 3.05) is 11.9 Å². The lowest BCUT2D eigenvalue weighted by Gasteiger charge is -2.22. The second kappa shape index (κ2) is 5.83. The molecule has 3 nitrogen and oxygen atoms in total. The number of ether oxygens (including phenoxy) is 1. The molecule has 4 heteroatoms. The third-order valence-electron chi connectivity index (χ3n) is 4.02. The molecule has 2 N–H and O–H groups in total. The van der Waals surface area contributed by atoms with Crippen LogP contribution in [0.15, 0.2) is 36.4 Å². The molecule has 0 unspecified atom stereocenters. The summed E-state index contributed by atoms with van der Waals surface area (Å²) in [6, 6.07) is 8.37. The van der Waals surface area contributed by atoms with Gasteiger partial charge in [-0.25, -0.2) is 0 Å². The Kier molecular flexibility index (Phi) is 3.92. The molecule has 0 saturated heterocycles. The van der Waals surface area contributed by atoms with Crippen LogP contribution in [0.2, 0.25) is 0 Å². The smallest absolute Gasteiger partial charge is 0.171 e. The first-order chi connectivity index (χ1) is 9.74. The first-order valence-electron chi connectivity index (χ1n) is 7.23. The Bertz CT molecular complexity index is 512. The first kappa shape index (κ1) is 13.4. The van der Waals surface area contributed by atoms with E-state index in [0.717, 1.165) is 17.4 Å². The van der Waals surface area contributed by atoms with Crippen molar-refractivity contribution in [1.82, 2.24) is 5.32 Å². The molecule has 2 aliphatic rings. The van der Waals surface area contributed by atoms with E-state index in [2.05, 4.69) is 22.8 Å². The highest BCUT2D eigenvalue weighted by atomic mass is 32.1. The van der Waals surface area contributed by atoms with E-state index in [0.29, 0.717) is 23.7 Å². The van der Waals surface area contributed by atoms with Gasteiger partial charge >= 0.3 is 0 Å². The first-order valence-corrected chi connectivity index (χ1v) is 7.64. The number of rotatable bonds is 4. The number of anilines is 1. The fraction of sp³-hybridized carbons (Fsp3) is 0.438. The van der Waals surface area contributed by atoms with E-state index in [1.54, 1.807) is 0 Å². The van der Waals surface area contributed by atoms with Crippen molar-refractivity contribution < 1.29 is 4.74 Å². The van der Waals surface area contributed by atoms with Gasteiger partial charge in [-0.3, -0.25) is 0 Å². The Morgan fingerprint density at radius 2 is 2.05 bits per heavy atom. The van der Waals surface area contributed by atoms with Gasteiger partial charge in [-0.2, -0.15) is 0 Å². The quantitative estimate of drug-likeness (QED) is 0.657. The van der Waals surface area contributed by atoms with Crippen molar-refractivity contribution in [2.45, 2.75) is 25.8 Å². The summed E-state index contributed by atoms with van der Waals surface area (Å²) >= 11 is 5.39. The standard InChI is InChI=1S/C16H20N2OS/c1-2-19-14-7-5-13(6-8-14)17-16(20)18-15-10-11-3-4-12(15)9-11/h3-8,11-12,15H,2,9-10H2,1H3,(H2,17,18,20)/t11-,12-,15+/m1/s1. The van der Waals surface area contributed by atoms with Gasteiger partial charge in [0, 0.05) is 11.7 Å². The zero-order valence-electron chi connectivity index (χ0n) is 11.6. The van der Waals surface area contributed by atoms with Crippen molar-refractivity contribution in [3.63, 3.8) is 0 Å². The molecule has 3 atom stereocenters. The summed E-state index contributed by atoms with van der Waals surface area (Å²) in [4.78, 5) is 0. The van der Waals surface area contributed by atoms with Crippen LogP contribution < -0.4 is 15.4 Å². The molecule has 0 aliphatic heterocycles. The van der Waals surface area contributed by atoms with Gasteiger partial charge < -0.3 is 15.4 Å². The van der Waals surface area contributed by atoms with Gasteiger partial charge in [0.2, 0.25) is 0 Å². The SMILES string of the molecule is CCOc1ccc(NC(=S)N[C@H]2C[C@@H]3C=C[C@@H]2C3)cc1. The largest absolute Gasteiger partial charge is 0.494 e. The molecule has 1 saturated carbocycles. The maximum Gasteiger partial charge on any atom is 0.171 e. The Morgan fingerprint density at radius 1 is 1.25 bits per heavy atom. The van der Waals surface area contributed by atoms with Crippen LogP contribution in [-0.2, 0) is 0 Å². The molecule has 2 bridgehead atoms. The number of allylic oxidation sites excluding steroid dienone is 1. The van der Waals surface area contributed by atoms with E-state index in [4.69, 9.17) is 17.0 Å². The van der Waals surface area contributed by atoms with Crippen LogP contribution in [0.4, 0.5) is 5.69 Å². The summed E-state index contributed by atoms with van der Waals surface area (Å²) in [5.74, 6) is 2.29. The number of fused-ring (bicyclic) bond motifs is 2. The molecule has 3 rings (SSSR count). The normalized spacial score (nSPS) is 26.6. The molecule has 0 aromatic heterocycles. The van der Waals surface area contributed by atoms with Crippen LogP contribution in [0, 0.1) is 11.8 Å². The van der Waals surface area contributed by atoms with Crippen molar-refractivity contribution in [1.29, 1.82) is 0 Å². The Hall–Kier alpha value is -1.55. The zero-order valence-corrected chi connectivity index (χ0v) is 12.5. The summed E-state index contributed by atoms with van der Waals surface area (Å²) in [5, 5.41) is 7.38. The van der Waals surface area contributed by atoms with Gasteiger partial charge in [0.15, 0.2) is 5.11 Å². The molecule has 20 heavy (non-hydrogen) atoms. The molecule has 0 spiro atoms. The lowest BCUT2D eigenvalue weighted by Crippen LogP contribution is -2.40. The zero-order chi connectivity index (χ0) is 13.9. The minimum absolute atomic E-state index is 0.493. The van der Waals surface area contributed by atoms with E-state index in [9.17, 15) is 0 Å². The number of nitrogens with one attached hydrogen (secondary N) is 2. The van der Waals surface area contributed by atoms with Gasteiger partial charge in [0.25, 0.3) is 0 Å². The monoisotopic (exact) mass is 288 g/mol. The summed E-state index contributed by atoms with van der Waals surface area (Å²) in [6.45, 7) is 2.67. The van der Waals surface area contributed by atoms with Gasteiger partial charge in [0.05, 0.1) is 6.61 Å². The maximum atomic E-state index is 5.42. The molecule has 1 fully saturated rings. The van der Waals surface area contributed by atoms with Crippen LogP contribution in [0.1, 0.15) is 19.8 Å². The van der Waals surface area contributed by atoms with Gasteiger partial charge in [0.1, 0.15) is 5.75 Å². The van der Waals surface area contributed by atoms with E-state index in [-0.39, 0.29) is 0 Å². The van der Waals surface area contributed by atoms with Crippen molar-refractivity contribution >= 4 is 23.0 Å². The lowest BCUT2D eigenvalue weighted by molar-refractivity contribution is 0.340. The minimum atomic E-state index is 0.493. The molecule has 1 aromatic carbocycles. The van der Waals surface area contributed by atoms with Crippen LogP contribution in [0.3, 0.4) is 0 Å². The lowest BCUT2D eigenvalue weighted by atomic mass is 10.0. The Labute approximate surface area is 125 Å². The molecule has 0 radical (unpaired) electrons. The highest BCUT2D eigenvalue weighted by molar-refractivity contribution is 7.80. The van der Waals surface area contributed by atoms with Crippen molar-refractivity contribution in [3.05, 3.63) is 36.4 Å². The van der Waals surface area contributed by atoms with Crippen LogP contribution in [-0.4, -0.2) is 17.8 Å². The fourth-order valence-electron chi connectivity index (χ4n) is 3.08. The van der Waals surface area contributed by atoms with Crippen LogP contribution >= 0.6 is 12.2 Å². The molecule has 1 aromatic rings. The molecular weight excluding hydrogens is 268 g/mol. The Morgan fingerprint density at radius 3 is 2.65 bits per heavy atom. The third kappa shape index (κ3) is 2.96. The second-order valence-corrected chi connectivity index (χ2v) is 5.85. The molecule has 0 heterocycles. The van der Waals surface area contributed by atoms with Crippen molar-refractivity contribution in [2.24, 2.45) is 11.8 Å². The summed E-state index contributed by atoms with van der Waals surface area (Å²) in [6.07, 6.45) is 7.15. The van der Waals surface area contributed by atoms with E-state index in [1.165, 1.54) is 12.8 Å². The molecule has 106 valence electrons. The molecule has 2 aliphatic carbocycles. The highest BCUT2D eigenvalue weighted by Gasteiger charge is 2.35. The highest BCUT2D eigenvalue weighted by Crippen LogP contribution is 2.38. The molecular formula is C16H20N2OS. The number of hydrogen-bond acceptors (Lipinski definition) is 2. The number of benzene rings is 1. The van der Waals surface area contributed by atoms with Crippen LogP contribution in [0.25, 0.3) is 0 Å². The van der Waals surface area contributed by atoms with Gasteiger partial charge in [-0.05, 0) is 68.1 Å². The summed E-state index contributed by atoms with van der Waals surface area (Å²) < 4.78 is 5.42. The fourth-order valence-corrected chi connectivity index (χ4v) is 3.35. The molecule has 0 amide bonds. The van der Waals surface area contributed by atoms with Gasteiger partial charge in [-0.1, -0.05) is 12.2 Å². The predicted molar refractivity (Wildman–Crippen MR) is 86.1 cm³/mol. The minimum Gasteiger partial charge on any atom is -0.494 e. The predicted octanol–water partition coefficient (Wildman–Crippen LogP) is 3.34. The average molecular weight is 288 g/mol. The van der Waals surface area contributed by atoms with Crippen LogP contribution in [0.5, 0.6) is 5.75 Å². The Balaban J connectivity index is 1.52. The van der Waals surface area contributed by atoms with E-state index in [1.807, 2.05) is 31.2 Å². The average Bonchev–Trinajstić information content (AvgIpc) is 3.03. The summed E-state index contributed by atoms with van der Waals surface area (Å²) in [7, 11) is 0.